The molecular formula is C13H20N2O4. The molecule has 2 amide bonds. The summed E-state index contributed by atoms with van der Waals surface area (Å²) in [5, 5.41) is 11.5. The smallest absolute Gasteiger partial charge is 0.305 e. The molecule has 6 nitrogen and oxygen atoms in total. The largest absolute Gasteiger partial charge is 0.481 e. The molecule has 1 unspecified atom stereocenters. The third-order valence-corrected chi connectivity index (χ3v) is 3.57. The Kier molecular flexibility index (Phi) is 3.52. The van der Waals surface area contributed by atoms with Crippen LogP contribution in [0.2, 0.25) is 0 Å². The van der Waals surface area contributed by atoms with Crippen molar-refractivity contribution in [3.8, 4) is 0 Å². The Bertz CT molecular complexity index is 415. The van der Waals surface area contributed by atoms with E-state index < -0.39 is 11.5 Å². The highest BCUT2D eigenvalue weighted by molar-refractivity contribution is 5.90. The lowest BCUT2D eigenvalue weighted by Crippen LogP contribution is -2.47. The van der Waals surface area contributed by atoms with E-state index in [1.807, 2.05) is 0 Å². The summed E-state index contributed by atoms with van der Waals surface area (Å²) in [4.78, 5) is 36.4. The standard InChI is InChI=1S/C13H20N2O4/c1-13(2,6-11(17)18)14-12(19)8-5-10(16)15(7-8)9-3-4-9/h8-9H,3-7H2,1-2H3,(H,14,19)(H,17,18). The van der Waals surface area contributed by atoms with Gasteiger partial charge in [-0.15, -0.1) is 0 Å². The molecule has 0 aromatic rings. The SMILES string of the molecule is CC(C)(CC(=O)O)NC(=O)C1CC(=O)N(C2CC2)C1. The minimum atomic E-state index is -0.951. The molecule has 1 aliphatic heterocycles. The molecule has 1 aliphatic carbocycles. The fourth-order valence-corrected chi connectivity index (χ4v) is 2.50. The lowest BCUT2D eigenvalue weighted by atomic mass is 9.98. The van der Waals surface area contributed by atoms with Gasteiger partial charge in [-0.3, -0.25) is 14.4 Å². The number of hydrogen-bond acceptors (Lipinski definition) is 3. The van der Waals surface area contributed by atoms with E-state index in [0.717, 1.165) is 12.8 Å². The second kappa shape index (κ2) is 4.83. The van der Waals surface area contributed by atoms with Gasteiger partial charge in [-0.25, -0.2) is 0 Å². The summed E-state index contributed by atoms with van der Waals surface area (Å²) in [6, 6.07) is 0.331. The molecule has 1 atom stereocenters. The molecule has 0 aromatic carbocycles. The highest BCUT2D eigenvalue weighted by atomic mass is 16.4. The Balaban J connectivity index is 1.90. The van der Waals surface area contributed by atoms with E-state index in [1.165, 1.54) is 0 Å². The molecule has 1 saturated carbocycles. The van der Waals surface area contributed by atoms with Crippen LogP contribution in [0.15, 0.2) is 0 Å². The lowest BCUT2D eigenvalue weighted by molar-refractivity contribution is -0.139. The van der Waals surface area contributed by atoms with Gasteiger partial charge in [-0.1, -0.05) is 0 Å². The molecule has 19 heavy (non-hydrogen) atoms. The van der Waals surface area contributed by atoms with Crippen LogP contribution < -0.4 is 5.32 Å². The summed E-state index contributed by atoms with van der Waals surface area (Å²) in [6.45, 7) is 3.82. The van der Waals surface area contributed by atoms with Crippen molar-refractivity contribution in [1.82, 2.24) is 10.2 Å². The number of carbonyl (C=O) groups excluding carboxylic acids is 2. The summed E-state index contributed by atoms with van der Waals surface area (Å²) >= 11 is 0. The zero-order chi connectivity index (χ0) is 14.2. The molecule has 0 spiro atoms. The molecule has 0 bridgehead atoms. The fourth-order valence-electron chi connectivity index (χ4n) is 2.50. The second-order valence-corrected chi connectivity index (χ2v) is 6.12. The first kappa shape index (κ1) is 13.8. The van der Waals surface area contributed by atoms with Crippen molar-refractivity contribution in [2.75, 3.05) is 6.54 Å². The minimum absolute atomic E-state index is 0.0405. The lowest BCUT2D eigenvalue weighted by Gasteiger charge is -2.26. The first-order chi connectivity index (χ1) is 8.78. The predicted molar refractivity (Wildman–Crippen MR) is 67.3 cm³/mol. The molecule has 2 N–H and O–H groups in total. The zero-order valence-electron chi connectivity index (χ0n) is 11.3. The topological polar surface area (TPSA) is 86.7 Å². The Morgan fingerprint density at radius 1 is 1.42 bits per heavy atom. The number of carboxylic acid groups (broad SMARTS) is 1. The summed E-state index contributed by atoms with van der Waals surface area (Å²) in [5.74, 6) is -1.48. The van der Waals surface area contributed by atoms with Crippen LogP contribution in [0, 0.1) is 5.92 Å². The highest BCUT2D eigenvalue weighted by Crippen LogP contribution is 2.32. The van der Waals surface area contributed by atoms with Crippen molar-refractivity contribution in [2.24, 2.45) is 5.92 Å². The molecule has 2 aliphatic rings. The van der Waals surface area contributed by atoms with Gasteiger partial charge in [0, 0.05) is 24.5 Å². The molecule has 2 fully saturated rings. The van der Waals surface area contributed by atoms with Gasteiger partial charge in [0.2, 0.25) is 11.8 Å². The van der Waals surface area contributed by atoms with Crippen LogP contribution in [0.3, 0.4) is 0 Å². The Hall–Kier alpha value is -1.59. The van der Waals surface area contributed by atoms with Crippen molar-refractivity contribution in [1.29, 1.82) is 0 Å². The van der Waals surface area contributed by atoms with Crippen LogP contribution in [0.4, 0.5) is 0 Å². The quantitative estimate of drug-likeness (QED) is 0.754. The van der Waals surface area contributed by atoms with Crippen LogP contribution in [-0.2, 0) is 14.4 Å². The molecule has 1 heterocycles. The number of hydrogen-bond donors (Lipinski definition) is 2. The molecule has 106 valence electrons. The maximum atomic E-state index is 12.1. The number of aliphatic carboxylic acids is 1. The van der Waals surface area contributed by atoms with Crippen LogP contribution in [0.25, 0.3) is 0 Å². The van der Waals surface area contributed by atoms with Gasteiger partial charge in [0.1, 0.15) is 0 Å². The number of amides is 2. The number of rotatable bonds is 5. The molecule has 0 aromatic heterocycles. The molecular weight excluding hydrogens is 248 g/mol. The number of nitrogens with zero attached hydrogens (tertiary/aromatic N) is 1. The van der Waals surface area contributed by atoms with Crippen molar-refractivity contribution in [2.45, 2.75) is 51.1 Å². The molecule has 6 heteroatoms. The van der Waals surface area contributed by atoms with Crippen molar-refractivity contribution in [3.63, 3.8) is 0 Å². The fraction of sp³-hybridized carbons (Fsp3) is 0.769. The average Bonchev–Trinajstić information content (AvgIpc) is 2.99. The Labute approximate surface area is 112 Å². The molecule has 2 rings (SSSR count). The molecule has 1 saturated heterocycles. The van der Waals surface area contributed by atoms with Crippen LogP contribution in [0.1, 0.15) is 39.5 Å². The van der Waals surface area contributed by atoms with Gasteiger partial charge < -0.3 is 15.3 Å². The second-order valence-electron chi connectivity index (χ2n) is 6.12. The van der Waals surface area contributed by atoms with Gasteiger partial charge >= 0.3 is 5.97 Å². The predicted octanol–water partition coefficient (Wildman–Crippen LogP) is 0.367. The first-order valence-electron chi connectivity index (χ1n) is 6.62. The van der Waals surface area contributed by atoms with Crippen molar-refractivity contribution >= 4 is 17.8 Å². The van der Waals surface area contributed by atoms with Crippen LogP contribution in [0.5, 0.6) is 0 Å². The third-order valence-electron chi connectivity index (χ3n) is 3.57. The summed E-state index contributed by atoms with van der Waals surface area (Å²) in [7, 11) is 0. The van der Waals surface area contributed by atoms with Gasteiger partial charge in [-0.05, 0) is 26.7 Å². The van der Waals surface area contributed by atoms with E-state index in [9.17, 15) is 14.4 Å². The monoisotopic (exact) mass is 268 g/mol. The summed E-state index contributed by atoms with van der Waals surface area (Å²) < 4.78 is 0. The van der Waals surface area contributed by atoms with E-state index >= 15 is 0 Å². The Morgan fingerprint density at radius 2 is 2.05 bits per heavy atom. The van der Waals surface area contributed by atoms with Crippen LogP contribution >= 0.6 is 0 Å². The number of nitrogens with one attached hydrogen (secondary N) is 1. The summed E-state index contributed by atoms with van der Waals surface area (Å²) in [6.07, 6.45) is 2.17. The van der Waals surface area contributed by atoms with E-state index in [-0.39, 0.29) is 30.6 Å². The van der Waals surface area contributed by atoms with E-state index in [4.69, 9.17) is 5.11 Å². The molecule has 0 radical (unpaired) electrons. The van der Waals surface area contributed by atoms with Gasteiger partial charge in [0.05, 0.1) is 12.3 Å². The van der Waals surface area contributed by atoms with Gasteiger partial charge in [0.25, 0.3) is 0 Å². The normalized spacial score (nSPS) is 23.6. The van der Waals surface area contributed by atoms with E-state index in [2.05, 4.69) is 5.32 Å². The Morgan fingerprint density at radius 3 is 2.58 bits per heavy atom. The third kappa shape index (κ3) is 3.45. The highest BCUT2D eigenvalue weighted by Gasteiger charge is 2.42. The van der Waals surface area contributed by atoms with Crippen LogP contribution in [-0.4, -0.2) is 45.9 Å². The van der Waals surface area contributed by atoms with E-state index in [1.54, 1.807) is 18.7 Å². The summed E-state index contributed by atoms with van der Waals surface area (Å²) in [5.41, 5.74) is -0.793. The number of likely N-dealkylation sites (tertiary alicyclic amines) is 1. The van der Waals surface area contributed by atoms with Crippen molar-refractivity contribution in [3.05, 3.63) is 0 Å². The maximum Gasteiger partial charge on any atom is 0.305 e. The minimum Gasteiger partial charge on any atom is -0.481 e. The number of carbonyl (C=O) groups is 3. The first-order valence-corrected chi connectivity index (χ1v) is 6.62. The zero-order valence-corrected chi connectivity index (χ0v) is 11.3. The van der Waals surface area contributed by atoms with Crippen molar-refractivity contribution < 1.29 is 19.5 Å². The average molecular weight is 268 g/mol. The number of carboxylic acids is 1. The van der Waals surface area contributed by atoms with Gasteiger partial charge in [-0.2, -0.15) is 0 Å². The van der Waals surface area contributed by atoms with Gasteiger partial charge in [0.15, 0.2) is 0 Å². The maximum absolute atomic E-state index is 12.1. The van der Waals surface area contributed by atoms with E-state index in [0.29, 0.717) is 12.6 Å².